The molecule has 0 saturated carbocycles. The molecule has 1 aromatic heterocycles. The Kier molecular flexibility index (Phi) is 6.14. The van der Waals surface area contributed by atoms with Gasteiger partial charge in [0.25, 0.3) is 15.9 Å². The van der Waals surface area contributed by atoms with Gasteiger partial charge in [0.1, 0.15) is 22.1 Å². The van der Waals surface area contributed by atoms with Crippen molar-refractivity contribution in [2.24, 2.45) is 0 Å². The van der Waals surface area contributed by atoms with Crippen LogP contribution in [0.1, 0.15) is 36.7 Å². The van der Waals surface area contributed by atoms with Gasteiger partial charge in [-0.05, 0) is 18.9 Å². The maximum atomic E-state index is 13.3. The average Bonchev–Trinajstić information content (AvgIpc) is 3.25. The molecule has 7 nitrogen and oxygen atoms in total. The number of amides is 1. The molecule has 0 fully saturated rings. The van der Waals surface area contributed by atoms with Crippen molar-refractivity contribution in [2.45, 2.75) is 33.2 Å². The van der Waals surface area contributed by atoms with Crippen LogP contribution in [0.25, 0.3) is 16.2 Å². The standard InChI is InChI=1S/C24H25N3O4S/c1-3-4-15-27-24(28)22(23(32(27,29)30)19-13-9-6-10-14-19)25-16-20-17(2)31-26-21(20)18-11-7-5-8-12-18/h5-14,25H,3-4,15-16H2,1-2H3. The van der Waals surface area contributed by atoms with Gasteiger partial charge in [0.15, 0.2) is 0 Å². The third-order valence-electron chi connectivity index (χ3n) is 5.44. The van der Waals surface area contributed by atoms with Gasteiger partial charge in [-0.3, -0.25) is 4.79 Å². The quantitative estimate of drug-likeness (QED) is 0.555. The number of aromatic nitrogens is 1. The molecule has 1 aliphatic heterocycles. The Morgan fingerprint density at radius 3 is 2.25 bits per heavy atom. The minimum atomic E-state index is -3.95. The fourth-order valence-corrected chi connectivity index (χ4v) is 5.48. The molecule has 0 aliphatic carbocycles. The molecule has 0 radical (unpaired) electrons. The molecule has 32 heavy (non-hydrogen) atoms. The summed E-state index contributed by atoms with van der Waals surface area (Å²) < 4.78 is 33.0. The lowest BCUT2D eigenvalue weighted by Crippen LogP contribution is -2.34. The fourth-order valence-electron chi connectivity index (χ4n) is 3.73. The zero-order valence-corrected chi connectivity index (χ0v) is 18.9. The van der Waals surface area contributed by atoms with Crippen molar-refractivity contribution in [1.29, 1.82) is 0 Å². The highest BCUT2D eigenvalue weighted by Crippen LogP contribution is 2.35. The molecule has 1 aliphatic rings. The molecule has 1 amide bonds. The fraction of sp³-hybridized carbons (Fsp3) is 0.250. The van der Waals surface area contributed by atoms with Gasteiger partial charge in [0.05, 0.1) is 0 Å². The summed E-state index contributed by atoms with van der Waals surface area (Å²) in [7, 11) is -3.95. The predicted molar refractivity (Wildman–Crippen MR) is 122 cm³/mol. The van der Waals surface area contributed by atoms with Crippen molar-refractivity contribution in [3.8, 4) is 11.3 Å². The summed E-state index contributed by atoms with van der Waals surface area (Å²) in [5, 5.41) is 7.27. The van der Waals surface area contributed by atoms with E-state index in [1.54, 1.807) is 31.2 Å². The van der Waals surface area contributed by atoms with E-state index in [-0.39, 0.29) is 23.7 Å². The van der Waals surface area contributed by atoms with Crippen LogP contribution in [0.5, 0.6) is 0 Å². The third kappa shape index (κ3) is 3.93. The van der Waals surface area contributed by atoms with Crippen LogP contribution in [0, 0.1) is 6.92 Å². The number of rotatable bonds is 8. The average molecular weight is 452 g/mol. The van der Waals surface area contributed by atoms with Crippen molar-refractivity contribution in [3.63, 3.8) is 0 Å². The molecule has 0 saturated heterocycles. The molecule has 166 valence electrons. The molecular weight excluding hydrogens is 426 g/mol. The van der Waals surface area contributed by atoms with Gasteiger partial charge in [-0.25, -0.2) is 12.7 Å². The molecule has 4 rings (SSSR count). The summed E-state index contributed by atoms with van der Waals surface area (Å²) in [5.41, 5.74) is 2.87. The van der Waals surface area contributed by atoms with Gasteiger partial charge in [-0.1, -0.05) is 79.2 Å². The van der Waals surface area contributed by atoms with Crippen molar-refractivity contribution < 1.29 is 17.7 Å². The Hall–Kier alpha value is -3.39. The summed E-state index contributed by atoms with van der Waals surface area (Å²) in [4.78, 5) is 13.2. The van der Waals surface area contributed by atoms with Gasteiger partial charge >= 0.3 is 0 Å². The first-order chi connectivity index (χ1) is 15.4. The highest BCUT2D eigenvalue weighted by atomic mass is 32.2. The van der Waals surface area contributed by atoms with Gasteiger partial charge in [-0.15, -0.1) is 0 Å². The maximum absolute atomic E-state index is 13.3. The highest BCUT2D eigenvalue weighted by Gasteiger charge is 2.44. The Balaban J connectivity index is 1.73. The first-order valence-corrected chi connectivity index (χ1v) is 12.0. The van der Waals surface area contributed by atoms with Crippen LogP contribution in [0.15, 0.2) is 70.9 Å². The number of carbonyl (C=O) groups excluding carboxylic acids is 1. The third-order valence-corrected chi connectivity index (χ3v) is 7.32. The summed E-state index contributed by atoms with van der Waals surface area (Å²) in [6.07, 6.45) is 1.38. The Morgan fingerprint density at radius 2 is 1.62 bits per heavy atom. The molecule has 2 aromatic carbocycles. The van der Waals surface area contributed by atoms with Crippen molar-refractivity contribution in [2.75, 3.05) is 6.54 Å². The first kappa shape index (κ1) is 21.8. The second-order valence-corrected chi connectivity index (χ2v) is 9.39. The second kappa shape index (κ2) is 9.00. The summed E-state index contributed by atoms with van der Waals surface area (Å²) in [5.74, 6) is 0.0713. The van der Waals surface area contributed by atoms with E-state index in [2.05, 4.69) is 10.5 Å². The maximum Gasteiger partial charge on any atom is 0.285 e. The summed E-state index contributed by atoms with van der Waals surface area (Å²) in [6, 6.07) is 18.3. The van der Waals surface area contributed by atoms with Crippen LogP contribution in [0.4, 0.5) is 0 Å². The molecule has 1 N–H and O–H groups in total. The van der Waals surface area contributed by atoms with E-state index in [0.717, 1.165) is 21.9 Å². The zero-order chi connectivity index (χ0) is 22.7. The molecule has 8 heteroatoms. The summed E-state index contributed by atoms with van der Waals surface area (Å²) >= 11 is 0. The number of nitrogens with zero attached hydrogens (tertiary/aromatic N) is 2. The van der Waals surface area contributed by atoms with E-state index >= 15 is 0 Å². The number of hydrogen-bond donors (Lipinski definition) is 1. The zero-order valence-electron chi connectivity index (χ0n) is 18.0. The molecule has 0 bridgehead atoms. The molecule has 2 heterocycles. The SMILES string of the molecule is CCCCN1C(=O)C(NCc2c(-c3ccccc3)noc2C)=C(c2ccccc2)S1(=O)=O. The largest absolute Gasteiger partial charge is 0.375 e. The first-order valence-electron chi connectivity index (χ1n) is 10.6. The van der Waals surface area contributed by atoms with Crippen molar-refractivity contribution in [1.82, 2.24) is 14.8 Å². The Labute approximate surface area is 187 Å². The number of carbonyl (C=O) groups is 1. The Bertz CT molecular complexity index is 1250. The van der Waals surface area contributed by atoms with E-state index < -0.39 is 15.9 Å². The lowest BCUT2D eigenvalue weighted by molar-refractivity contribution is -0.122. The van der Waals surface area contributed by atoms with Gasteiger partial charge in [0.2, 0.25) is 0 Å². The van der Waals surface area contributed by atoms with Crippen LogP contribution >= 0.6 is 0 Å². The lowest BCUT2D eigenvalue weighted by atomic mass is 10.1. The normalized spacial score (nSPS) is 15.4. The topological polar surface area (TPSA) is 92.5 Å². The number of hydrogen-bond acceptors (Lipinski definition) is 6. The number of unbranched alkanes of at least 4 members (excludes halogenated alkanes) is 1. The lowest BCUT2D eigenvalue weighted by Gasteiger charge is -2.16. The monoisotopic (exact) mass is 451 g/mol. The smallest absolute Gasteiger partial charge is 0.285 e. The van der Waals surface area contributed by atoms with E-state index in [0.29, 0.717) is 23.4 Å². The highest BCUT2D eigenvalue weighted by molar-refractivity contribution is 7.99. The van der Waals surface area contributed by atoms with E-state index in [1.165, 1.54) is 0 Å². The molecule has 3 aromatic rings. The van der Waals surface area contributed by atoms with Crippen LogP contribution in [-0.4, -0.2) is 30.3 Å². The predicted octanol–water partition coefficient (Wildman–Crippen LogP) is 4.08. The van der Waals surface area contributed by atoms with Gasteiger partial charge in [-0.2, -0.15) is 0 Å². The Morgan fingerprint density at radius 1 is 1.00 bits per heavy atom. The minimum absolute atomic E-state index is 0.00886. The van der Waals surface area contributed by atoms with Gasteiger partial charge < -0.3 is 9.84 Å². The van der Waals surface area contributed by atoms with E-state index in [9.17, 15) is 13.2 Å². The number of benzene rings is 2. The summed E-state index contributed by atoms with van der Waals surface area (Å²) in [6.45, 7) is 4.11. The number of aryl methyl sites for hydroxylation is 1. The van der Waals surface area contributed by atoms with E-state index in [1.807, 2.05) is 43.3 Å². The molecule has 0 unspecified atom stereocenters. The van der Waals surface area contributed by atoms with Crippen LogP contribution in [0.3, 0.4) is 0 Å². The molecule has 0 atom stereocenters. The number of sulfonamides is 1. The molecular formula is C24H25N3O4S. The second-order valence-electron chi connectivity index (χ2n) is 7.59. The minimum Gasteiger partial charge on any atom is -0.375 e. The van der Waals surface area contributed by atoms with Crippen LogP contribution in [-0.2, 0) is 21.4 Å². The number of nitrogens with one attached hydrogen (secondary N) is 1. The van der Waals surface area contributed by atoms with Gasteiger partial charge in [0, 0.05) is 24.2 Å². The van der Waals surface area contributed by atoms with Crippen molar-refractivity contribution in [3.05, 3.63) is 83.2 Å². The van der Waals surface area contributed by atoms with Crippen LogP contribution in [0.2, 0.25) is 0 Å². The van der Waals surface area contributed by atoms with Crippen LogP contribution < -0.4 is 5.32 Å². The van der Waals surface area contributed by atoms with Crippen molar-refractivity contribution >= 4 is 20.8 Å². The molecule has 0 spiro atoms. The van der Waals surface area contributed by atoms with E-state index in [4.69, 9.17) is 4.52 Å².